The van der Waals surface area contributed by atoms with E-state index >= 15 is 0 Å². The highest BCUT2D eigenvalue weighted by molar-refractivity contribution is 5.95. The summed E-state index contributed by atoms with van der Waals surface area (Å²) < 4.78 is 4.58. The lowest BCUT2D eigenvalue weighted by Gasteiger charge is -2.31. The fourth-order valence-electron chi connectivity index (χ4n) is 2.84. The number of hydrogen-bond acceptors (Lipinski definition) is 4. The van der Waals surface area contributed by atoms with Crippen molar-refractivity contribution in [2.75, 3.05) is 0 Å². The van der Waals surface area contributed by atoms with Gasteiger partial charge >= 0.3 is 11.9 Å². The van der Waals surface area contributed by atoms with Crippen LogP contribution in [0.2, 0.25) is 0 Å². The molecule has 2 unspecified atom stereocenters. The zero-order chi connectivity index (χ0) is 22.3. The molecule has 4 heteroatoms. The molecule has 0 aromatic rings. The van der Waals surface area contributed by atoms with E-state index in [-0.39, 0.29) is 17.8 Å². The molecular weight excluding hydrogens is 350 g/mol. The number of allylic oxidation sites excluding steroid dienone is 4. The molecule has 0 aromatic carbocycles. The van der Waals surface area contributed by atoms with E-state index in [0.29, 0.717) is 17.0 Å². The summed E-state index contributed by atoms with van der Waals surface area (Å²) >= 11 is 0. The van der Waals surface area contributed by atoms with Gasteiger partial charge in [-0.2, -0.15) is 0 Å². The Hall–Kier alpha value is -1.58. The van der Waals surface area contributed by atoms with E-state index in [1.54, 1.807) is 6.92 Å². The minimum atomic E-state index is -0.438. The van der Waals surface area contributed by atoms with E-state index < -0.39 is 17.9 Å². The Morgan fingerprint density at radius 3 is 2.04 bits per heavy atom. The molecule has 0 aliphatic carbocycles. The zero-order valence-corrected chi connectivity index (χ0v) is 19.8. The van der Waals surface area contributed by atoms with Gasteiger partial charge in [-0.1, -0.05) is 79.5 Å². The Kier molecular flexibility index (Phi) is 10.2. The van der Waals surface area contributed by atoms with E-state index in [1.165, 1.54) is 18.4 Å². The number of ether oxygens (including phenoxy) is 1. The maximum atomic E-state index is 11.5. The minimum absolute atomic E-state index is 0.0727. The fourth-order valence-corrected chi connectivity index (χ4v) is 2.84. The summed E-state index contributed by atoms with van der Waals surface area (Å²) in [5, 5.41) is 0. The van der Waals surface area contributed by atoms with Crippen molar-refractivity contribution in [2.45, 2.75) is 88.5 Å². The summed E-state index contributed by atoms with van der Waals surface area (Å²) in [7, 11) is 0. The van der Waals surface area contributed by atoms with Gasteiger partial charge in [-0.25, -0.2) is 0 Å². The molecule has 1 rings (SSSR count). The summed E-state index contributed by atoms with van der Waals surface area (Å²) in [6, 6.07) is 0. The van der Waals surface area contributed by atoms with E-state index in [0.717, 1.165) is 0 Å². The predicted octanol–water partition coefficient (Wildman–Crippen LogP) is 6.02. The van der Waals surface area contributed by atoms with Crippen LogP contribution < -0.4 is 5.73 Å². The number of nitrogens with two attached hydrogens (primary N) is 1. The highest BCUT2D eigenvalue weighted by Gasteiger charge is 2.42. The molecule has 4 nitrogen and oxygen atoms in total. The van der Waals surface area contributed by atoms with Crippen molar-refractivity contribution >= 4 is 11.9 Å². The molecule has 1 heterocycles. The van der Waals surface area contributed by atoms with Gasteiger partial charge in [-0.3, -0.25) is 9.59 Å². The third-order valence-corrected chi connectivity index (χ3v) is 5.62. The van der Waals surface area contributed by atoms with Gasteiger partial charge in [-0.15, -0.1) is 0 Å². The molecule has 0 aromatic heterocycles. The maximum absolute atomic E-state index is 11.5. The van der Waals surface area contributed by atoms with Crippen molar-refractivity contribution in [2.24, 2.45) is 34.3 Å². The molecule has 28 heavy (non-hydrogen) atoms. The maximum Gasteiger partial charge on any atom is 0.317 e. The van der Waals surface area contributed by atoms with Gasteiger partial charge in [0.25, 0.3) is 0 Å². The number of hydrogen-bond donors (Lipinski definition) is 1. The molecule has 1 aliphatic heterocycles. The third kappa shape index (κ3) is 9.57. The zero-order valence-electron chi connectivity index (χ0n) is 19.8. The first-order valence-electron chi connectivity index (χ1n) is 10.5. The van der Waals surface area contributed by atoms with E-state index in [1.807, 2.05) is 26.8 Å². The van der Waals surface area contributed by atoms with Gasteiger partial charge in [0.05, 0.1) is 12.3 Å². The Morgan fingerprint density at radius 1 is 1.18 bits per heavy atom. The van der Waals surface area contributed by atoms with Gasteiger partial charge in [-0.05, 0) is 42.9 Å². The summed E-state index contributed by atoms with van der Waals surface area (Å²) in [4.78, 5) is 22.6. The summed E-state index contributed by atoms with van der Waals surface area (Å²) in [6.07, 6.45) is 6.88. The van der Waals surface area contributed by atoms with Crippen LogP contribution in [-0.2, 0) is 14.3 Å². The molecule has 0 amide bonds. The molecular formula is C24H43NO3. The molecule has 162 valence electrons. The largest absolute Gasteiger partial charge is 0.403 e. The first kappa shape index (κ1) is 26.4. The molecule has 0 radical (unpaired) electrons. The van der Waals surface area contributed by atoms with Crippen molar-refractivity contribution in [3.05, 3.63) is 23.4 Å². The van der Waals surface area contributed by atoms with Crippen molar-refractivity contribution in [1.29, 1.82) is 0 Å². The van der Waals surface area contributed by atoms with E-state index in [9.17, 15) is 9.59 Å². The average Bonchev–Trinajstić information content (AvgIpc) is 2.87. The van der Waals surface area contributed by atoms with Crippen LogP contribution in [-0.4, -0.2) is 11.9 Å². The Bertz CT molecular complexity index is 587. The molecule has 0 bridgehead atoms. The molecule has 1 aliphatic rings. The lowest BCUT2D eigenvalue weighted by atomic mass is 9.72. The van der Waals surface area contributed by atoms with Gasteiger partial charge in [0.15, 0.2) is 0 Å². The van der Waals surface area contributed by atoms with Crippen molar-refractivity contribution in [1.82, 2.24) is 0 Å². The van der Waals surface area contributed by atoms with Crippen molar-refractivity contribution < 1.29 is 14.3 Å². The third-order valence-electron chi connectivity index (χ3n) is 5.62. The Morgan fingerprint density at radius 2 is 1.71 bits per heavy atom. The van der Waals surface area contributed by atoms with Crippen LogP contribution in [0.5, 0.6) is 0 Å². The molecule has 0 spiro atoms. The van der Waals surface area contributed by atoms with Crippen LogP contribution in [0.4, 0.5) is 0 Å². The van der Waals surface area contributed by atoms with Crippen LogP contribution in [0.1, 0.15) is 88.5 Å². The topological polar surface area (TPSA) is 69.4 Å². The van der Waals surface area contributed by atoms with Gasteiger partial charge in [0.1, 0.15) is 0 Å². The first-order chi connectivity index (χ1) is 12.6. The quantitative estimate of drug-likeness (QED) is 0.340. The molecule has 0 saturated carbocycles. The van der Waals surface area contributed by atoms with E-state index in [2.05, 4.69) is 52.4 Å². The fraction of sp³-hybridized carbons (Fsp3) is 0.750. The summed E-state index contributed by atoms with van der Waals surface area (Å²) in [5.74, 6) is -0.630. The normalized spacial score (nSPS) is 20.0. The molecule has 2 N–H and O–H groups in total. The number of carbonyl (C=O) groups excluding carboxylic acids is 2. The minimum Gasteiger partial charge on any atom is -0.403 e. The van der Waals surface area contributed by atoms with Crippen LogP contribution in [0, 0.1) is 28.6 Å². The van der Waals surface area contributed by atoms with Gasteiger partial charge < -0.3 is 10.5 Å². The first-order valence-corrected chi connectivity index (χ1v) is 10.5. The van der Waals surface area contributed by atoms with Crippen LogP contribution in [0.25, 0.3) is 0 Å². The number of esters is 2. The molecule has 1 fully saturated rings. The highest BCUT2D eigenvalue weighted by atomic mass is 16.6. The van der Waals surface area contributed by atoms with Crippen LogP contribution in [0.3, 0.4) is 0 Å². The van der Waals surface area contributed by atoms with E-state index in [4.69, 9.17) is 5.73 Å². The molecule has 2 atom stereocenters. The summed E-state index contributed by atoms with van der Waals surface area (Å²) in [6.45, 7) is 21.5. The highest BCUT2D eigenvalue weighted by Crippen LogP contribution is 2.38. The number of carbonyl (C=O) groups is 2. The average molecular weight is 394 g/mol. The standard InChI is InChI=1S/C12H19NO3.C12H24/c1-7(13)5-9(12(2,3)4)8-6-10(14)16-11(8)15;1-7-12(5,6)9-8-11(4)10(2)3/h5,8-9H,6,13H2,1-4H3;8,10H,7,9H2,1-6H3/b7-5+;11-8+. The SMILES string of the molecule is C/C(N)=C\C(C1CC(=O)OC1=O)C(C)(C)C.CCC(C)(C)C/C=C(\C)C(C)C. The monoisotopic (exact) mass is 393 g/mol. The smallest absolute Gasteiger partial charge is 0.317 e. The van der Waals surface area contributed by atoms with Crippen LogP contribution in [0.15, 0.2) is 23.4 Å². The van der Waals surface area contributed by atoms with Crippen LogP contribution >= 0.6 is 0 Å². The second-order valence-electron chi connectivity index (χ2n) is 10.2. The molecule has 1 saturated heterocycles. The predicted molar refractivity (Wildman–Crippen MR) is 117 cm³/mol. The Balaban J connectivity index is 0.000000546. The summed E-state index contributed by atoms with van der Waals surface area (Å²) in [5.41, 5.74) is 8.20. The second kappa shape index (κ2) is 10.8. The number of cyclic esters (lactones) is 2. The Labute approximate surface area is 173 Å². The van der Waals surface area contributed by atoms with Gasteiger partial charge in [0.2, 0.25) is 0 Å². The lowest BCUT2D eigenvalue weighted by molar-refractivity contribution is -0.153. The lowest BCUT2D eigenvalue weighted by Crippen LogP contribution is -2.30. The van der Waals surface area contributed by atoms with Crippen molar-refractivity contribution in [3.8, 4) is 0 Å². The van der Waals surface area contributed by atoms with Gasteiger partial charge in [0, 0.05) is 5.70 Å². The van der Waals surface area contributed by atoms with Crippen molar-refractivity contribution in [3.63, 3.8) is 0 Å². The number of rotatable bonds is 6. The second-order valence-corrected chi connectivity index (χ2v) is 10.2.